The molecule has 0 aromatic rings. The number of carboxylic acid groups (broad SMARTS) is 1. The summed E-state index contributed by atoms with van der Waals surface area (Å²) in [5, 5.41) is 20.1. The molecule has 1 N–H and O–H groups in total. The van der Waals surface area contributed by atoms with Gasteiger partial charge in [0.2, 0.25) is 0 Å². The molecule has 2 rings (SSSR count). The minimum atomic E-state index is -0.997. The highest BCUT2D eigenvalue weighted by molar-refractivity contribution is 5.69. The molecule has 1 aliphatic heterocycles. The van der Waals surface area contributed by atoms with Gasteiger partial charge in [0.1, 0.15) is 12.8 Å². The number of rotatable bonds is 4. The van der Waals surface area contributed by atoms with E-state index in [0.29, 0.717) is 17.8 Å². The number of hydrogen-bond donors (Lipinski definition) is 1. The predicted octanol–water partition coefficient (Wildman–Crippen LogP) is 2.23. The molecule has 0 amide bonds. The summed E-state index contributed by atoms with van der Waals surface area (Å²) in [5.74, 6) is -0.691. The Labute approximate surface area is 121 Å². The van der Waals surface area contributed by atoms with Crippen LogP contribution < -0.4 is 0 Å². The molecule has 0 unspecified atom stereocenters. The number of carboxylic acids is 1. The summed E-state index contributed by atoms with van der Waals surface area (Å²) in [6.45, 7) is 3.54. The van der Waals surface area contributed by atoms with E-state index in [1.54, 1.807) is 6.08 Å². The molecule has 112 valence electrons. The topological polar surface area (TPSA) is 92.9 Å². The van der Waals surface area contributed by atoms with Gasteiger partial charge in [-0.2, -0.15) is 0 Å². The Morgan fingerprint density at radius 2 is 2.29 bits per heavy atom. The Balaban J connectivity index is 2.45. The maximum Gasteiger partial charge on any atom is 0.323 e. The van der Waals surface area contributed by atoms with Crippen molar-refractivity contribution in [2.75, 3.05) is 6.54 Å². The Morgan fingerprint density at radius 3 is 2.90 bits per heavy atom. The van der Waals surface area contributed by atoms with Crippen molar-refractivity contribution in [3.05, 3.63) is 58.0 Å². The monoisotopic (exact) mass is 292 g/mol. The zero-order valence-corrected chi connectivity index (χ0v) is 11.8. The lowest BCUT2D eigenvalue weighted by Crippen LogP contribution is -2.27. The summed E-state index contributed by atoms with van der Waals surface area (Å²) < 4.78 is 5.40. The van der Waals surface area contributed by atoms with Crippen molar-refractivity contribution in [3.63, 3.8) is 0 Å². The van der Waals surface area contributed by atoms with Gasteiger partial charge in [0, 0.05) is 23.9 Å². The lowest BCUT2D eigenvalue weighted by molar-refractivity contribution is -0.421. The van der Waals surface area contributed by atoms with Gasteiger partial charge in [0.15, 0.2) is 5.76 Å². The normalized spacial score (nSPS) is 20.1. The fraction of sp³-hybridized carbons (Fsp3) is 0.357. The molecule has 0 saturated carbocycles. The van der Waals surface area contributed by atoms with E-state index in [4.69, 9.17) is 9.84 Å². The Hall–Kier alpha value is -2.57. The number of allylic oxidation sites excluding steroid dienone is 3. The molecule has 7 heteroatoms. The maximum absolute atomic E-state index is 11.2. The molecule has 2 aliphatic rings. The zero-order chi connectivity index (χ0) is 15.6. The third-order valence-electron chi connectivity index (χ3n) is 3.33. The van der Waals surface area contributed by atoms with E-state index in [2.05, 4.69) is 0 Å². The molecule has 0 spiro atoms. The molecule has 0 bridgehead atoms. The molecule has 0 fully saturated rings. The number of nitrogens with zero attached hydrogens (tertiary/aromatic N) is 2. The lowest BCUT2D eigenvalue weighted by Gasteiger charge is -2.31. The Bertz CT molecular complexity index is 598. The third kappa shape index (κ3) is 3.13. The van der Waals surface area contributed by atoms with E-state index in [1.165, 1.54) is 29.6 Å². The van der Waals surface area contributed by atoms with Crippen molar-refractivity contribution < 1.29 is 19.6 Å². The molecule has 0 radical (unpaired) electrons. The summed E-state index contributed by atoms with van der Waals surface area (Å²) in [4.78, 5) is 23.0. The Kier molecular flexibility index (Phi) is 3.84. The van der Waals surface area contributed by atoms with Gasteiger partial charge in [0.25, 0.3) is 5.70 Å². The first kappa shape index (κ1) is 14.8. The highest BCUT2D eigenvalue weighted by atomic mass is 16.6. The molecule has 0 aromatic heterocycles. The van der Waals surface area contributed by atoms with Gasteiger partial charge in [-0.3, -0.25) is 14.9 Å². The molecule has 0 atom stereocenters. The van der Waals surface area contributed by atoms with Gasteiger partial charge in [-0.25, -0.2) is 0 Å². The van der Waals surface area contributed by atoms with Crippen molar-refractivity contribution in [1.82, 2.24) is 4.90 Å². The molecule has 21 heavy (non-hydrogen) atoms. The van der Waals surface area contributed by atoms with Crippen molar-refractivity contribution in [1.29, 1.82) is 0 Å². The van der Waals surface area contributed by atoms with E-state index >= 15 is 0 Å². The minimum Gasteiger partial charge on any atom is -0.480 e. The Morgan fingerprint density at radius 1 is 1.57 bits per heavy atom. The summed E-state index contributed by atoms with van der Waals surface area (Å²) >= 11 is 0. The SMILES string of the molecule is CC1(C)CC=CC([N+](=O)[O-])=C1C1=CN(CC(=O)O)C=CO1. The van der Waals surface area contributed by atoms with Crippen LogP contribution in [0.4, 0.5) is 0 Å². The first-order valence-electron chi connectivity index (χ1n) is 6.40. The van der Waals surface area contributed by atoms with Crippen molar-refractivity contribution in [3.8, 4) is 0 Å². The highest BCUT2D eigenvalue weighted by Gasteiger charge is 2.37. The maximum atomic E-state index is 11.2. The fourth-order valence-corrected chi connectivity index (χ4v) is 2.39. The second-order valence-corrected chi connectivity index (χ2v) is 5.47. The van der Waals surface area contributed by atoms with Crippen LogP contribution >= 0.6 is 0 Å². The van der Waals surface area contributed by atoms with Gasteiger partial charge in [-0.15, -0.1) is 0 Å². The van der Waals surface area contributed by atoms with Crippen molar-refractivity contribution in [2.24, 2.45) is 5.41 Å². The van der Waals surface area contributed by atoms with Crippen LogP contribution in [0.15, 0.2) is 47.8 Å². The second-order valence-electron chi connectivity index (χ2n) is 5.47. The van der Waals surface area contributed by atoms with Crippen LogP contribution in [0.2, 0.25) is 0 Å². The molecule has 0 saturated heterocycles. The molecule has 0 aromatic carbocycles. The van der Waals surface area contributed by atoms with Crippen molar-refractivity contribution in [2.45, 2.75) is 20.3 Å². The second kappa shape index (κ2) is 5.43. The predicted molar refractivity (Wildman–Crippen MR) is 74.2 cm³/mol. The average molecular weight is 292 g/mol. The number of hydrogen-bond acceptors (Lipinski definition) is 5. The van der Waals surface area contributed by atoms with Crippen LogP contribution in [0.3, 0.4) is 0 Å². The van der Waals surface area contributed by atoms with Crippen molar-refractivity contribution >= 4 is 5.97 Å². The lowest BCUT2D eigenvalue weighted by atomic mass is 9.76. The van der Waals surface area contributed by atoms with Crippen LogP contribution in [0.1, 0.15) is 20.3 Å². The third-order valence-corrected chi connectivity index (χ3v) is 3.33. The van der Waals surface area contributed by atoms with Gasteiger partial charge < -0.3 is 14.7 Å². The van der Waals surface area contributed by atoms with Crippen LogP contribution in [0.5, 0.6) is 0 Å². The number of nitro groups is 1. The largest absolute Gasteiger partial charge is 0.480 e. The van der Waals surface area contributed by atoms with E-state index in [1.807, 2.05) is 13.8 Å². The van der Waals surface area contributed by atoms with Crippen LogP contribution in [-0.2, 0) is 9.53 Å². The summed E-state index contributed by atoms with van der Waals surface area (Å²) in [7, 11) is 0. The number of ether oxygens (including phenoxy) is 1. The van der Waals surface area contributed by atoms with E-state index in [0.717, 1.165) is 0 Å². The fourth-order valence-electron chi connectivity index (χ4n) is 2.39. The van der Waals surface area contributed by atoms with E-state index in [-0.39, 0.29) is 12.2 Å². The average Bonchev–Trinajstić information content (AvgIpc) is 2.36. The summed E-state index contributed by atoms with van der Waals surface area (Å²) in [5.41, 5.74) is -0.0268. The zero-order valence-electron chi connectivity index (χ0n) is 11.8. The first-order valence-corrected chi connectivity index (χ1v) is 6.40. The summed E-state index contributed by atoms with van der Waals surface area (Å²) in [6.07, 6.45) is 8.14. The number of aliphatic carboxylic acids is 1. The van der Waals surface area contributed by atoms with Gasteiger partial charge in [-0.1, -0.05) is 19.9 Å². The van der Waals surface area contributed by atoms with Gasteiger partial charge in [-0.05, 0) is 6.42 Å². The molecule has 1 aliphatic carbocycles. The van der Waals surface area contributed by atoms with E-state index in [9.17, 15) is 14.9 Å². The first-order chi connectivity index (χ1) is 9.81. The smallest absolute Gasteiger partial charge is 0.323 e. The van der Waals surface area contributed by atoms with E-state index < -0.39 is 16.3 Å². The highest BCUT2D eigenvalue weighted by Crippen LogP contribution is 2.42. The molecule has 7 nitrogen and oxygen atoms in total. The quantitative estimate of drug-likeness (QED) is 0.631. The van der Waals surface area contributed by atoms with Gasteiger partial charge in [0.05, 0.1) is 10.5 Å². The van der Waals surface area contributed by atoms with Crippen LogP contribution in [-0.4, -0.2) is 27.4 Å². The molecular formula is C14H16N2O5. The van der Waals surface area contributed by atoms with Crippen LogP contribution in [0, 0.1) is 15.5 Å². The van der Waals surface area contributed by atoms with Gasteiger partial charge >= 0.3 is 5.97 Å². The standard InChI is InChI=1S/C14H16N2O5/c1-14(2)5-3-4-10(16(19)20)13(14)11-8-15(6-7-21-11)9-12(17)18/h3-4,6-8H,5,9H2,1-2H3,(H,17,18). The van der Waals surface area contributed by atoms with Crippen LogP contribution in [0.25, 0.3) is 0 Å². The minimum absolute atomic E-state index is 0.0249. The number of carbonyl (C=O) groups is 1. The molecular weight excluding hydrogens is 276 g/mol. The molecule has 1 heterocycles. The summed E-state index contributed by atoms with van der Waals surface area (Å²) in [6, 6.07) is 0.